The molecule has 0 aliphatic carbocycles. The summed E-state index contributed by atoms with van der Waals surface area (Å²) in [4.78, 5) is 2.48. The second-order valence-electron chi connectivity index (χ2n) is 3.11. The van der Waals surface area contributed by atoms with Crippen molar-refractivity contribution < 1.29 is 0 Å². The topological polar surface area (TPSA) is 6.48 Å². The Morgan fingerprint density at radius 1 is 1.33 bits per heavy atom. The molecule has 0 aromatic heterocycles. The predicted molar refractivity (Wildman–Crippen MR) is 42.5 cm³/mol. The van der Waals surface area contributed by atoms with E-state index in [9.17, 15) is 0 Å². The quantitative estimate of drug-likeness (QED) is 0.623. The van der Waals surface area contributed by atoms with Crippen LogP contribution in [0.15, 0.2) is 0 Å². The second kappa shape index (κ2) is 2.40. The summed E-state index contributed by atoms with van der Waals surface area (Å²) in [6.07, 6.45) is 0. The first-order chi connectivity index (χ1) is 4.11. The number of hydrogen-bond acceptors (Lipinski definition) is 2. The molecule has 0 bridgehead atoms. The molecule has 3 heteroatoms. The minimum atomic E-state index is -1.71. The van der Waals surface area contributed by atoms with E-state index < -0.39 is 18.9 Å². The fourth-order valence-electron chi connectivity index (χ4n) is 1.38. The van der Waals surface area contributed by atoms with Crippen LogP contribution in [0.5, 0.6) is 0 Å². The van der Waals surface area contributed by atoms with Crippen LogP contribution in [0.4, 0.5) is 0 Å². The summed E-state index contributed by atoms with van der Waals surface area (Å²) >= 11 is -1.71. The summed E-state index contributed by atoms with van der Waals surface area (Å²) in [5.74, 6) is 0. The second-order valence-corrected chi connectivity index (χ2v) is 16.4. The zero-order chi connectivity index (χ0) is 7.07. The molecule has 1 aliphatic heterocycles. The number of nitrogens with zero attached hydrogens (tertiary/aromatic N) is 2. The summed E-state index contributed by atoms with van der Waals surface area (Å²) in [5.41, 5.74) is 0. The predicted octanol–water partition coefficient (Wildman–Crippen LogP) is 0.913. The molecule has 1 heterocycles. The number of rotatable bonds is 1. The van der Waals surface area contributed by atoms with E-state index in [1.54, 1.807) is 0 Å². The summed E-state index contributed by atoms with van der Waals surface area (Å²) in [6.45, 7) is 3.53. The molecule has 2 nitrogen and oxygen atoms in total. The van der Waals surface area contributed by atoms with Gasteiger partial charge in [-0.05, 0) is 0 Å². The Labute approximate surface area is 62.4 Å². The van der Waals surface area contributed by atoms with Crippen LogP contribution < -0.4 is 0 Å². The summed E-state index contributed by atoms with van der Waals surface area (Å²) in [7, 11) is 4.53. The molecule has 0 aromatic rings. The van der Waals surface area contributed by atoms with Gasteiger partial charge in [-0.1, -0.05) is 0 Å². The van der Waals surface area contributed by atoms with Gasteiger partial charge in [0.2, 0.25) is 0 Å². The van der Waals surface area contributed by atoms with Crippen molar-refractivity contribution in [1.29, 1.82) is 0 Å². The van der Waals surface area contributed by atoms with Gasteiger partial charge in [0.1, 0.15) is 0 Å². The van der Waals surface area contributed by atoms with E-state index in [1.807, 2.05) is 0 Å². The van der Waals surface area contributed by atoms with E-state index in [-0.39, 0.29) is 0 Å². The van der Waals surface area contributed by atoms with Gasteiger partial charge >= 0.3 is 62.2 Å². The molecular weight excluding hydrogens is 219 g/mol. The molecule has 1 aliphatic rings. The molecule has 0 radical (unpaired) electrons. The van der Waals surface area contributed by atoms with Crippen molar-refractivity contribution in [1.82, 2.24) is 6.24 Å². The fraction of sp³-hybridized carbons (Fsp3) is 1.00. The molecule has 54 valence electrons. The van der Waals surface area contributed by atoms with Crippen LogP contribution in [0.1, 0.15) is 6.92 Å². The monoisotopic (exact) mass is 236 g/mol. The standard InChI is InChI=1S/C3H8N2.C2H5.CH3.Sn/c1-4-3-5-2;1-2;;/h3H2,1-2H3;1H2,2H3;1H3;/q-2;;;+2. The van der Waals surface area contributed by atoms with Crippen molar-refractivity contribution >= 4 is 18.9 Å². The van der Waals surface area contributed by atoms with E-state index >= 15 is 0 Å². The zero-order valence-electron chi connectivity index (χ0n) is 6.81. The average Bonchev–Trinajstić information content (AvgIpc) is 1.87. The minimum absolute atomic E-state index is 1.21. The molecule has 0 saturated carbocycles. The van der Waals surface area contributed by atoms with Crippen molar-refractivity contribution in [2.75, 3.05) is 20.8 Å². The van der Waals surface area contributed by atoms with Gasteiger partial charge in [0.15, 0.2) is 0 Å². The Hall–Kier alpha value is 0.719. The Morgan fingerprint density at radius 2 is 1.78 bits per heavy atom. The van der Waals surface area contributed by atoms with Gasteiger partial charge in [0, 0.05) is 0 Å². The first kappa shape index (κ1) is 7.82. The third kappa shape index (κ3) is 1.01. The van der Waals surface area contributed by atoms with Gasteiger partial charge in [0.25, 0.3) is 0 Å². The van der Waals surface area contributed by atoms with Crippen LogP contribution in [-0.2, 0) is 0 Å². The van der Waals surface area contributed by atoms with E-state index in [2.05, 4.69) is 32.2 Å². The fourth-order valence-corrected chi connectivity index (χ4v) is 8.42. The molecular formula is C6H16N2Sn. The normalized spacial score (nSPS) is 28.0. The third-order valence-electron chi connectivity index (χ3n) is 2.74. The van der Waals surface area contributed by atoms with Crippen LogP contribution in [0.3, 0.4) is 0 Å². The summed E-state index contributed by atoms with van der Waals surface area (Å²) in [6, 6.07) is 0. The van der Waals surface area contributed by atoms with Crippen molar-refractivity contribution in [2.24, 2.45) is 0 Å². The first-order valence-corrected chi connectivity index (χ1v) is 11.0. The van der Waals surface area contributed by atoms with E-state index in [0.29, 0.717) is 0 Å². The van der Waals surface area contributed by atoms with Crippen LogP contribution in [0.25, 0.3) is 0 Å². The molecule has 1 saturated heterocycles. The molecule has 0 unspecified atom stereocenters. The Kier molecular flexibility index (Phi) is 2.08. The molecule has 1 fully saturated rings. The molecule has 0 atom stereocenters. The van der Waals surface area contributed by atoms with Crippen molar-refractivity contribution in [3.05, 3.63) is 0 Å². The van der Waals surface area contributed by atoms with Gasteiger partial charge in [-0.25, -0.2) is 0 Å². The molecule has 0 spiro atoms. The van der Waals surface area contributed by atoms with Crippen molar-refractivity contribution in [2.45, 2.75) is 16.3 Å². The van der Waals surface area contributed by atoms with E-state index in [0.717, 1.165) is 0 Å². The van der Waals surface area contributed by atoms with E-state index in [4.69, 9.17) is 0 Å². The Balaban J connectivity index is 2.55. The van der Waals surface area contributed by atoms with Crippen molar-refractivity contribution in [3.8, 4) is 0 Å². The SMILES string of the molecule is C[CH2][Sn]1([CH3])[N](C)C[N]1C. The maximum absolute atomic E-state index is 2.58. The Bertz CT molecular complexity index is 108. The first-order valence-electron chi connectivity index (χ1n) is 3.53. The van der Waals surface area contributed by atoms with E-state index in [1.165, 1.54) is 11.1 Å². The van der Waals surface area contributed by atoms with Gasteiger partial charge in [-0.15, -0.1) is 0 Å². The van der Waals surface area contributed by atoms with Crippen molar-refractivity contribution in [3.63, 3.8) is 0 Å². The summed E-state index contributed by atoms with van der Waals surface area (Å²) < 4.78 is 6.57. The van der Waals surface area contributed by atoms with Gasteiger partial charge in [-0.2, -0.15) is 0 Å². The maximum atomic E-state index is 2.58. The van der Waals surface area contributed by atoms with Crippen LogP contribution in [-0.4, -0.2) is 45.9 Å². The van der Waals surface area contributed by atoms with Gasteiger partial charge < -0.3 is 0 Å². The average molecular weight is 235 g/mol. The van der Waals surface area contributed by atoms with Gasteiger partial charge in [0.05, 0.1) is 0 Å². The van der Waals surface area contributed by atoms with Crippen LogP contribution in [0.2, 0.25) is 9.38 Å². The number of hydrogen-bond donors (Lipinski definition) is 0. The third-order valence-corrected chi connectivity index (χ3v) is 16.8. The molecule has 9 heavy (non-hydrogen) atoms. The van der Waals surface area contributed by atoms with Gasteiger partial charge in [-0.3, -0.25) is 0 Å². The Morgan fingerprint density at radius 3 is 1.89 bits per heavy atom. The van der Waals surface area contributed by atoms with Crippen LogP contribution >= 0.6 is 0 Å². The molecule has 0 amide bonds. The zero-order valence-corrected chi connectivity index (χ0v) is 9.66. The molecule has 0 aromatic carbocycles. The molecule has 0 N–H and O–H groups in total. The summed E-state index contributed by atoms with van der Waals surface area (Å²) in [5, 5.41) is 0. The van der Waals surface area contributed by atoms with Crippen LogP contribution in [0, 0.1) is 0 Å². The molecule has 1 rings (SSSR count).